The van der Waals surface area contributed by atoms with Crippen molar-refractivity contribution in [2.45, 2.75) is 32.7 Å². The molecule has 1 saturated heterocycles. The summed E-state index contributed by atoms with van der Waals surface area (Å²) in [5, 5.41) is 0. The Labute approximate surface area is 131 Å². The normalized spacial score (nSPS) is 14.5. The predicted molar refractivity (Wildman–Crippen MR) is 84.5 cm³/mol. The van der Waals surface area contributed by atoms with Gasteiger partial charge in [0.25, 0.3) is 0 Å². The molecule has 0 aromatic heterocycles. The number of hydrogen-bond acceptors (Lipinski definition) is 3. The van der Waals surface area contributed by atoms with Crippen LogP contribution >= 0.6 is 0 Å². The highest BCUT2D eigenvalue weighted by Gasteiger charge is 2.20. The molecule has 0 bridgehead atoms. The average molecular weight is 304 g/mol. The molecule has 1 aliphatic heterocycles. The van der Waals surface area contributed by atoms with E-state index in [0.29, 0.717) is 6.54 Å². The Morgan fingerprint density at radius 2 is 1.77 bits per heavy atom. The number of amides is 2. The van der Waals surface area contributed by atoms with Gasteiger partial charge in [0.1, 0.15) is 12.3 Å². The van der Waals surface area contributed by atoms with E-state index in [2.05, 4.69) is 0 Å². The lowest BCUT2D eigenvalue weighted by molar-refractivity contribution is -0.140. The maximum absolute atomic E-state index is 12.3. The van der Waals surface area contributed by atoms with Crippen molar-refractivity contribution >= 4 is 11.8 Å². The summed E-state index contributed by atoms with van der Waals surface area (Å²) in [4.78, 5) is 27.6. The highest BCUT2D eigenvalue weighted by molar-refractivity contribution is 5.83. The van der Waals surface area contributed by atoms with Crippen LogP contribution in [0.2, 0.25) is 0 Å². The fourth-order valence-corrected chi connectivity index (χ4v) is 2.64. The summed E-state index contributed by atoms with van der Waals surface area (Å²) >= 11 is 0. The minimum Gasteiger partial charge on any atom is -0.497 e. The highest BCUT2D eigenvalue weighted by atomic mass is 16.5. The van der Waals surface area contributed by atoms with Crippen LogP contribution in [0.5, 0.6) is 5.75 Å². The first-order valence-electron chi connectivity index (χ1n) is 7.76. The highest BCUT2D eigenvalue weighted by Crippen LogP contribution is 2.14. The zero-order chi connectivity index (χ0) is 15.9. The standard InChI is InChI=1S/C17H24N2O3/c1-14(20)19(12-15-6-8-16(22-2)9-7-15)13-17(21)18-10-4-3-5-11-18/h6-9H,3-5,10-13H2,1-2H3. The summed E-state index contributed by atoms with van der Waals surface area (Å²) in [7, 11) is 1.62. The Morgan fingerprint density at radius 1 is 1.14 bits per heavy atom. The van der Waals surface area contributed by atoms with E-state index in [1.54, 1.807) is 12.0 Å². The minimum absolute atomic E-state index is 0.0448. The molecule has 0 unspecified atom stereocenters. The van der Waals surface area contributed by atoms with Crippen LogP contribution in [0.3, 0.4) is 0 Å². The molecule has 0 radical (unpaired) electrons. The lowest BCUT2D eigenvalue weighted by Gasteiger charge is -2.29. The molecule has 0 saturated carbocycles. The number of rotatable bonds is 5. The molecule has 2 amide bonds. The lowest BCUT2D eigenvalue weighted by atomic mass is 10.1. The molecule has 0 spiro atoms. The van der Waals surface area contributed by atoms with E-state index in [-0.39, 0.29) is 18.4 Å². The van der Waals surface area contributed by atoms with E-state index in [1.165, 1.54) is 13.3 Å². The summed E-state index contributed by atoms with van der Waals surface area (Å²) in [6.45, 7) is 3.73. The number of carbonyl (C=O) groups excluding carboxylic acids is 2. The average Bonchev–Trinajstić information content (AvgIpc) is 2.55. The third-order valence-electron chi connectivity index (χ3n) is 4.01. The maximum atomic E-state index is 12.3. The Bertz CT molecular complexity index is 507. The molecular formula is C17H24N2O3. The van der Waals surface area contributed by atoms with Crippen molar-refractivity contribution < 1.29 is 14.3 Å². The van der Waals surface area contributed by atoms with Crippen molar-refractivity contribution in [3.8, 4) is 5.75 Å². The van der Waals surface area contributed by atoms with E-state index in [1.807, 2.05) is 29.2 Å². The first-order chi connectivity index (χ1) is 10.6. The SMILES string of the molecule is COc1ccc(CN(CC(=O)N2CCCCC2)C(C)=O)cc1. The summed E-state index contributed by atoms with van der Waals surface area (Å²) < 4.78 is 5.12. The molecule has 0 aliphatic carbocycles. The first-order valence-corrected chi connectivity index (χ1v) is 7.76. The molecule has 22 heavy (non-hydrogen) atoms. The van der Waals surface area contributed by atoms with Gasteiger partial charge in [-0.3, -0.25) is 9.59 Å². The Kier molecular flexibility index (Phi) is 5.81. The molecular weight excluding hydrogens is 280 g/mol. The van der Waals surface area contributed by atoms with Crippen LogP contribution in [0.15, 0.2) is 24.3 Å². The number of piperidine rings is 1. The zero-order valence-electron chi connectivity index (χ0n) is 13.4. The summed E-state index contributed by atoms with van der Waals surface area (Å²) in [6.07, 6.45) is 3.31. The number of hydrogen-bond donors (Lipinski definition) is 0. The van der Waals surface area contributed by atoms with Crippen molar-refractivity contribution in [2.24, 2.45) is 0 Å². The van der Waals surface area contributed by atoms with Gasteiger partial charge in [-0.15, -0.1) is 0 Å². The molecule has 1 aromatic rings. The molecule has 1 heterocycles. The second-order valence-corrected chi connectivity index (χ2v) is 5.66. The number of likely N-dealkylation sites (tertiary alicyclic amines) is 1. The van der Waals surface area contributed by atoms with Gasteiger partial charge in [-0.25, -0.2) is 0 Å². The van der Waals surface area contributed by atoms with Crippen molar-refractivity contribution in [3.63, 3.8) is 0 Å². The van der Waals surface area contributed by atoms with Crippen LogP contribution in [-0.2, 0) is 16.1 Å². The van der Waals surface area contributed by atoms with Gasteiger partial charge >= 0.3 is 0 Å². The van der Waals surface area contributed by atoms with Crippen molar-refractivity contribution in [3.05, 3.63) is 29.8 Å². The van der Waals surface area contributed by atoms with Gasteiger partial charge in [-0.1, -0.05) is 12.1 Å². The monoisotopic (exact) mass is 304 g/mol. The van der Waals surface area contributed by atoms with Gasteiger partial charge in [-0.05, 0) is 37.0 Å². The Morgan fingerprint density at radius 3 is 2.32 bits per heavy atom. The fraction of sp³-hybridized carbons (Fsp3) is 0.529. The first kappa shape index (κ1) is 16.3. The van der Waals surface area contributed by atoms with Crippen LogP contribution in [0.4, 0.5) is 0 Å². The third kappa shape index (κ3) is 4.48. The third-order valence-corrected chi connectivity index (χ3v) is 4.01. The van der Waals surface area contributed by atoms with Crippen LogP contribution < -0.4 is 4.74 Å². The second-order valence-electron chi connectivity index (χ2n) is 5.66. The van der Waals surface area contributed by atoms with Crippen molar-refractivity contribution in [1.29, 1.82) is 0 Å². The predicted octanol–water partition coefficient (Wildman–Crippen LogP) is 2.06. The van der Waals surface area contributed by atoms with E-state index in [9.17, 15) is 9.59 Å². The topological polar surface area (TPSA) is 49.9 Å². The van der Waals surface area contributed by atoms with E-state index >= 15 is 0 Å². The van der Waals surface area contributed by atoms with Gasteiger partial charge in [0.2, 0.25) is 11.8 Å². The summed E-state index contributed by atoms with van der Waals surface area (Å²) in [5.41, 5.74) is 0.988. The van der Waals surface area contributed by atoms with Gasteiger partial charge in [0.15, 0.2) is 0 Å². The van der Waals surface area contributed by atoms with Crippen molar-refractivity contribution in [1.82, 2.24) is 9.80 Å². The van der Waals surface area contributed by atoms with Gasteiger partial charge in [-0.2, -0.15) is 0 Å². The number of methoxy groups -OCH3 is 1. The molecule has 120 valence electrons. The van der Waals surface area contributed by atoms with Gasteiger partial charge < -0.3 is 14.5 Å². The van der Waals surface area contributed by atoms with E-state index in [0.717, 1.165) is 37.2 Å². The van der Waals surface area contributed by atoms with Gasteiger partial charge in [0.05, 0.1) is 7.11 Å². The zero-order valence-corrected chi connectivity index (χ0v) is 13.4. The number of ether oxygens (including phenoxy) is 1. The lowest BCUT2D eigenvalue weighted by Crippen LogP contribution is -2.43. The molecule has 1 fully saturated rings. The number of nitrogens with zero attached hydrogens (tertiary/aromatic N) is 2. The van der Waals surface area contributed by atoms with E-state index < -0.39 is 0 Å². The molecule has 1 aromatic carbocycles. The summed E-state index contributed by atoms with van der Waals surface area (Å²) in [6, 6.07) is 7.56. The molecule has 1 aliphatic rings. The Balaban J connectivity index is 1.96. The van der Waals surface area contributed by atoms with Crippen LogP contribution in [0, 0.1) is 0 Å². The smallest absolute Gasteiger partial charge is 0.242 e. The largest absolute Gasteiger partial charge is 0.497 e. The maximum Gasteiger partial charge on any atom is 0.242 e. The molecule has 0 atom stereocenters. The molecule has 0 N–H and O–H groups in total. The molecule has 2 rings (SSSR count). The Hall–Kier alpha value is -2.04. The quantitative estimate of drug-likeness (QED) is 0.836. The van der Waals surface area contributed by atoms with Crippen LogP contribution in [0.1, 0.15) is 31.7 Å². The summed E-state index contributed by atoms with van der Waals surface area (Å²) in [5.74, 6) is 0.743. The fourth-order valence-electron chi connectivity index (χ4n) is 2.64. The second kappa shape index (κ2) is 7.82. The van der Waals surface area contributed by atoms with E-state index in [4.69, 9.17) is 4.74 Å². The molecule has 5 nitrogen and oxygen atoms in total. The number of carbonyl (C=O) groups is 2. The van der Waals surface area contributed by atoms with Crippen LogP contribution in [-0.4, -0.2) is 48.4 Å². The van der Waals surface area contributed by atoms with Crippen LogP contribution in [0.25, 0.3) is 0 Å². The molecule has 5 heteroatoms. The minimum atomic E-state index is -0.0822. The number of benzene rings is 1. The van der Waals surface area contributed by atoms with Gasteiger partial charge in [0, 0.05) is 26.6 Å². The van der Waals surface area contributed by atoms with Crippen molar-refractivity contribution in [2.75, 3.05) is 26.7 Å².